The Morgan fingerprint density at radius 1 is 1.42 bits per heavy atom. The summed E-state index contributed by atoms with van der Waals surface area (Å²) in [6.07, 6.45) is 4.88. The van der Waals surface area contributed by atoms with Gasteiger partial charge in [-0.05, 0) is 24.3 Å². The second kappa shape index (κ2) is 5.71. The molecule has 1 atom stereocenters. The lowest BCUT2D eigenvalue weighted by atomic mass is 9.73. The van der Waals surface area contributed by atoms with Crippen molar-refractivity contribution in [2.45, 2.75) is 52.1 Å². The van der Waals surface area contributed by atoms with Gasteiger partial charge in [0.25, 0.3) is 0 Å². The van der Waals surface area contributed by atoms with Gasteiger partial charge < -0.3 is 5.32 Å². The predicted molar refractivity (Wildman–Crippen MR) is 74.0 cm³/mol. The highest BCUT2D eigenvalue weighted by atomic mass is 19.1. The molecule has 2 rings (SSSR count). The molecule has 0 aromatic heterocycles. The molecule has 3 heteroatoms. The Hall–Kier alpha value is -1.40. The van der Waals surface area contributed by atoms with Crippen LogP contribution in [0.15, 0.2) is 18.2 Å². The first-order chi connectivity index (χ1) is 9.04. The average Bonchev–Trinajstić information content (AvgIpc) is 2.38. The first-order valence-electron chi connectivity index (χ1n) is 6.95. The summed E-state index contributed by atoms with van der Waals surface area (Å²) >= 11 is 0. The Morgan fingerprint density at radius 2 is 2.21 bits per heavy atom. The van der Waals surface area contributed by atoms with Crippen LogP contribution >= 0.6 is 0 Å². The lowest BCUT2D eigenvalue weighted by molar-refractivity contribution is 0.166. The zero-order chi connectivity index (χ0) is 13.9. The van der Waals surface area contributed by atoms with Crippen LogP contribution in [-0.4, -0.2) is 6.04 Å². The normalized spacial score (nSPS) is 21.9. The molecule has 0 amide bonds. The monoisotopic (exact) mass is 260 g/mol. The summed E-state index contributed by atoms with van der Waals surface area (Å²) in [5, 5.41) is 12.3. The zero-order valence-electron chi connectivity index (χ0n) is 11.7. The molecular weight excluding hydrogens is 239 g/mol. The minimum Gasteiger partial charge on any atom is -0.309 e. The number of hydrogen-bond donors (Lipinski definition) is 1. The second-order valence-corrected chi connectivity index (χ2v) is 6.06. The van der Waals surface area contributed by atoms with Gasteiger partial charge in [-0.25, -0.2) is 4.39 Å². The standard InChI is InChI=1S/C16H21FN2/c1-16(2)9-4-3-8-14(16)19-11-13-7-5-6-12(10-18)15(13)17/h5-7,14,19H,3-4,8-9,11H2,1-2H3. The van der Waals surface area contributed by atoms with E-state index in [1.807, 2.05) is 6.07 Å². The number of nitrogens with one attached hydrogen (secondary N) is 1. The van der Waals surface area contributed by atoms with E-state index in [1.165, 1.54) is 25.3 Å². The van der Waals surface area contributed by atoms with E-state index in [0.29, 0.717) is 18.2 Å². The lowest BCUT2D eigenvalue weighted by Crippen LogP contribution is -2.43. The van der Waals surface area contributed by atoms with Crippen molar-refractivity contribution in [1.29, 1.82) is 5.26 Å². The fourth-order valence-electron chi connectivity index (χ4n) is 2.91. The quantitative estimate of drug-likeness (QED) is 0.898. The largest absolute Gasteiger partial charge is 0.309 e. The van der Waals surface area contributed by atoms with Crippen molar-refractivity contribution in [3.8, 4) is 6.07 Å². The molecule has 19 heavy (non-hydrogen) atoms. The average molecular weight is 260 g/mol. The third kappa shape index (κ3) is 3.13. The van der Waals surface area contributed by atoms with Crippen molar-refractivity contribution in [3.63, 3.8) is 0 Å². The van der Waals surface area contributed by atoms with E-state index in [9.17, 15) is 4.39 Å². The van der Waals surface area contributed by atoms with Gasteiger partial charge in [0.05, 0.1) is 5.56 Å². The summed E-state index contributed by atoms with van der Waals surface area (Å²) in [5.74, 6) is -0.383. The van der Waals surface area contributed by atoms with E-state index in [4.69, 9.17) is 5.26 Å². The molecular formula is C16H21FN2. The molecule has 0 heterocycles. The van der Waals surface area contributed by atoms with Crippen LogP contribution in [0.4, 0.5) is 4.39 Å². The van der Waals surface area contributed by atoms with Crippen LogP contribution in [0.25, 0.3) is 0 Å². The molecule has 0 spiro atoms. The SMILES string of the molecule is CC1(C)CCCCC1NCc1cccc(C#N)c1F. The smallest absolute Gasteiger partial charge is 0.145 e. The summed E-state index contributed by atoms with van der Waals surface area (Å²) in [5.41, 5.74) is 0.976. The summed E-state index contributed by atoms with van der Waals surface area (Å²) in [4.78, 5) is 0. The molecule has 0 radical (unpaired) electrons. The molecule has 1 saturated carbocycles. The third-order valence-electron chi connectivity index (χ3n) is 4.25. The van der Waals surface area contributed by atoms with Gasteiger partial charge in [-0.3, -0.25) is 0 Å². The minimum atomic E-state index is -0.383. The summed E-state index contributed by atoms with van der Waals surface area (Å²) in [7, 11) is 0. The number of rotatable bonds is 3. The van der Waals surface area contributed by atoms with E-state index in [0.717, 1.165) is 6.42 Å². The van der Waals surface area contributed by atoms with E-state index in [2.05, 4.69) is 19.2 Å². The maximum Gasteiger partial charge on any atom is 0.145 e. The van der Waals surface area contributed by atoms with Crippen LogP contribution in [0.1, 0.15) is 50.7 Å². The van der Waals surface area contributed by atoms with E-state index < -0.39 is 0 Å². The highest BCUT2D eigenvalue weighted by Crippen LogP contribution is 2.35. The van der Waals surface area contributed by atoms with Gasteiger partial charge in [0.15, 0.2) is 0 Å². The molecule has 0 saturated heterocycles. The summed E-state index contributed by atoms with van der Waals surface area (Å²) in [6.45, 7) is 5.03. The Morgan fingerprint density at radius 3 is 2.89 bits per heavy atom. The highest BCUT2D eigenvalue weighted by molar-refractivity contribution is 5.34. The minimum absolute atomic E-state index is 0.127. The molecule has 1 fully saturated rings. The molecule has 2 nitrogen and oxygen atoms in total. The van der Waals surface area contributed by atoms with Crippen molar-refractivity contribution >= 4 is 0 Å². The Labute approximate surface area is 114 Å². The van der Waals surface area contributed by atoms with Crippen molar-refractivity contribution in [3.05, 3.63) is 35.1 Å². The van der Waals surface area contributed by atoms with Crippen LogP contribution in [0.3, 0.4) is 0 Å². The summed E-state index contributed by atoms with van der Waals surface area (Å²) in [6, 6.07) is 7.32. The van der Waals surface area contributed by atoms with E-state index in [-0.39, 0.29) is 16.8 Å². The number of halogens is 1. The predicted octanol–water partition coefficient (Wildman–Crippen LogP) is 3.76. The topological polar surface area (TPSA) is 35.8 Å². The molecule has 1 unspecified atom stereocenters. The van der Waals surface area contributed by atoms with E-state index in [1.54, 1.807) is 12.1 Å². The molecule has 1 aromatic carbocycles. The first-order valence-corrected chi connectivity index (χ1v) is 6.95. The van der Waals surface area contributed by atoms with E-state index >= 15 is 0 Å². The molecule has 1 N–H and O–H groups in total. The Bertz CT molecular complexity index is 488. The van der Waals surface area contributed by atoms with Crippen molar-refractivity contribution in [2.75, 3.05) is 0 Å². The zero-order valence-corrected chi connectivity index (χ0v) is 11.7. The van der Waals surface area contributed by atoms with Crippen molar-refractivity contribution in [2.24, 2.45) is 5.41 Å². The van der Waals surface area contributed by atoms with Gasteiger partial charge in [-0.15, -0.1) is 0 Å². The first kappa shape index (κ1) is 14.0. The Kier molecular flexibility index (Phi) is 4.21. The van der Waals surface area contributed by atoms with Crippen LogP contribution < -0.4 is 5.32 Å². The van der Waals surface area contributed by atoms with Crippen molar-refractivity contribution < 1.29 is 4.39 Å². The molecule has 1 aliphatic carbocycles. The number of nitrogens with zero attached hydrogens (tertiary/aromatic N) is 1. The van der Waals surface area contributed by atoms with Gasteiger partial charge in [-0.1, -0.05) is 38.8 Å². The van der Waals surface area contributed by atoms with Crippen LogP contribution in [0.2, 0.25) is 0 Å². The second-order valence-electron chi connectivity index (χ2n) is 6.06. The van der Waals surface area contributed by atoms with Crippen LogP contribution in [0.5, 0.6) is 0 Å². The molecule has 1 aromatic rings. The van der Waals surface area contributed by atoms with Gasteiger partial charge >= 0.3 is 0 Å². The summed E-state index contributed by atoms with van der Waals surface area (Å²) < 4.78 is 14.0. The highest BCUT2D eigenvalue weighted by Gasteiger charge is 2.31. The molecule has 1 aliphatic rings. The fraction of sp³-hybridized carbons (Fsp3) is 0.562. The maximum atomic E-state index is 14.0. The number of benzene rings is 1. The van der Waals surface area contributed by atoms with Crippen molar-refractivity contribution in [1.82, 2.24) is 5.32 Å². The van der Waals surface area contributed by atoms with Gasteiger partial charge in [0.1, 0.15) is 11.9 Å². The molecule has 0 bridgehead atoms. The van der Waals surface area contributed by atoms with Gasteiger partial charge in [0.2, 0.25) is 0 Å². The number of hydrogen-bond acceptors (Lipinski definition) is 2. The van der Waals surface area contributed by atoms with Crippen LogP contribution in [0, 0.1) is 22.6 Å². The van der Waals surface area contributed by atoms with Gasteiger partial charge in [0, 0.05) is 18.2 Å². The number of nitriles is 1. The third-order valence-corrected chi connectivity index (χ3v) is 4.25. The lowest BCUT2D eigenvalue weighted by Gasteiger charge is -2.39. The van der Waals surface area contributed by atoms with Gasteiger partial charge in [-0.2, -0.15) is 5.26 Å². The fourth-order valence-corrected chi connectivity index (χ4v) is 2.91. The maximum absolute atomic E-state index is 14.0. The van der Waals surface area contributed by atoms with Crippen LogP contribution in [-0.2, 0) is 6.54 Å². The molecule has 0 aliphatic heterocycles. The molecule has 102 valence electrons. The Balaban J connectivity index is 2.05.